The molecular formula is C18H40N2O3. The van der Waals surface area contributed by atoms with Gasteiger partial charge in [0.25, 0.3) is 5.09 Å². The third-order valence-corrected chi connectivity index (χ3v) is 4.06. The molecule has 5 heteroatoms. The molecule has 0 aromatic carbocycles. The SMILES string of the molecule is CCCCCCCCCCCCCCCCCCN.O=[N+]([O-])O. The van der Waals surface area contributed by atoms with Crippen LogP contribution < -0.4 is 5.73 Å². The second-order valence-electron chi connectivity index (χ2n) is 6.33. The van der Waals surface area contributed by atoms with Crippen LogP contribution in [0.25, 0.3) is 0 Å². The molecule has 0 bridgehead atoms. The van der Waals surface area contributed by atoms with Gasteiger partial charge in [-0.3, -0.25) is 0 Å². The molecule has 0 atom stereocenters. The molecule has 23 heavy (non-hydrogen) atoms. The Kier molecular flexibility index (Phi) is 24.9. The molecule has 0 spiro atoms. The van der Waals surface area contributed by atoms with E-state index in [9.17, 15) is 0 Å². The van der Waals surface area contributed by atoms with E-state index in [2.05, 4.69) is 6.92 Å². The lowest BCUT2D eigenvalue weighted by Crippen LogP contribution is -1.97. The van der Waals surface area contributed by atoms with E-state index in [-0.39, 0.29) is 0 Å². The Morgan fingerprint density at radius 2 is 0.913 bits per heavy atom. The predicted octanol–water partition coefficient (Wildman–Crippen LogP) is 5.86. The molecule has 0 aliphatic heterocycles. The Balaban J connectivity index is 0. The lowest BCUT2D eigenvalue weighted by molar-refractivity contribution is -0.742. The summed E-state index contributed by atoms with van der Waals surface area (Å²) < 4.78 is 0. The van der Waals surface area contributed by atoms with Gasteiger partial charge >= 0.3 is 0 Å². The summed E-state index contributed by atoms with van der Waals surface area (Å²) in [6.45, 7) is 3.16. The molecule has 0 radical (unpaired) electrons. The van der Waals surface area contributed by atoms with Gasteiger partial charge in [0.15, 0.2) is 0 Å². The first-order valence-corrected chi connectivity index (χ1v) is 9.68. The largest absolute Gasteiger partial charge is 0.330 e. The van der Waals surface area contributed by atoms with Gasteiger partial charge in [-0.1, -0.05) is 103 Å². The van der Waals surface area contributed by atoms with Crippen molar-refractivity contribution >= 4 is 0 Å². The average Bonchev–Trinajstić information content (AvgIpc) is 2.50. The standard InChI is InChI=1S/C18H39N.HNO3/c1-2-3-4-5-6-7-8-9-10-11-12-13-14-15-16-17-18-19;2-1(3)4/h2-19H2,1H3;(H,2,3,4). The molecule has 0 aliphatic carbocycles. The summed E-state index contributed by atoms with van der Waals surface area (Å²) in [6, 6.07) is 0. The van der Waals surface area contributed by atoms with Gasteiger partial charge in [0, 0.05) is 0 Å². The highest BCUT2D eigenvalue weighted by Crippen LogP contribution is 2.13. The molecular weight excluding hydrogens is 292 g/mol. The van der Waals surface area contributed by atoms with Crippen LogP contribution in [0.4, 0.5) is 0 Å². The van der Waals surface area contributed by atoms with E-state index in [1.807, 2.05) is 0 Å². The molecule has 0 aromatic rings. The van der Waals surface area contributed by atoms with Crippen molar-refractivity contribution in [3.05, 3.63) is 10.1 Å². The molecule has 0 saturated heterocycles. The normalized spacial score (nSPS) is 10.2. The van der Waals surface area contributed by atoms with Crippen molar-refractivity contribution in [2.75, 3.05) is 6.54 Å². The number of nitrogens with two attached hydrogens (primary N) is 1. The number of hydrogen-bond acceptors (Lipinski definition) is 3. The minimum Gasteiger partial charge on any atom is -0.330 e. The lowest BCUT2D eigenvalue weighted by Gasteiger charge is -2.03. The zero-order chi connectivity index (χ0) is 17.6. The van der Waals surface area contributed by atoms with E-state index in [1.54, 1.807) is 0 Å². The Morgan fingerprint density at radius 3 is 1.13 bits per heavy atom. The smallest absolute Gasteiger partial charge is 0.291 e. The minimum absolute atomic E-state index is 0.873. The van der Waals surface area contributed by atoms with Crippen molar-refractivity contribution in [2.45, 2.75) is 110 Å². The number of unbranched alkanes of at least 4 members (excludes halogenated alkanes) is 15. The van der Waals surface area contributed by atoms with E-state index >= 15 is 0 Å². The van der Waals surface area contributed by atoms with E-state index in [1.165, 1.54) is 103 Å². The van der Waals surface area contributed by atoms with Crippen LogP contribution in [0, 0.1) is 10.1 Å². The Labute approximate surface area is 143 Å². The van der Waals surface area contributed by atoms with Gasteiger partial charge in [-0.05, 0) is 13.0 Å². The zero-order valence-corrected chi connectivity index (χ0v) is 15.3. The Hall–Kier alpha value is -0.840. The zero-order valence-electron chi connectivity index (χ0n) is 15.3. The topological polar surface area (TPSA) is 89.4 Å². The average molecular weight is 333 g/mol. The van der Waals surface area contributed by atoms with Crippen molar-refractivity contribution in [3.8, 4) is 0 Å². The van der Waals surface area contributed by atoms with Crippen molar-refractivity contribution in [1.29, 1.82) is 0 Å². The maximum absolute atomic E-state index is 8.36. The minimum atomic E-state index is -1.50. The van der Waals surface area contributed by atoms with Crippen LogP contribution in [-0.4, -0.2) is 16.8 Å². The van der Waals surface area contributed by atoms with Crippen LogP contribution in [0.2, 0.25) is 0 Å². The summed E-state index contributed by atoms with van der Waals surface area (Å²) in [5, 5.41) is 13.6. The van der Waals surface area contributed by atoms with Gasteiger partial charge in [-0.25, -0.2) is 0 Å². The van der Waals surface area contributed by atoms with Gasteiger partial charge in [0.05, 0.1) is 0 Å². The second kappa shape index (κ2) is 23.4. The van der Waals surface area contributed by atoms with Gasteiger partial charge < -0.3 is 10.9 Å². The fourth-order valence-electron chi connectivity index (χ4n) is 2.69. The van der Waals surface area contributed by atoms with Gasteiger partial charge in [-0.15, -0.1) is 10.1 Å². The van der Waals surface area contributed by atoms with Crippen LogP contribution in [0.3, 0.4) is 0 Å². The van der Waals surface area contributed by atoms with Crippen LogP contribution in [0.1, 0.15) is 110 Å². The summed E-state index contributed by atoms with van der Waals surface area (Å²) in [7, 11) is 0. The van der Waals surface area contributed by atoms with E-state index in [4.69, 9.17) is 21.1 Å². The monoisotopic (exact) mass is 332 g/mol. The summed E-state index contributed by atoms with van der Waals surface area (Å²) in [6.07, 6.45) is 22.9. The fourth-order valence-corrected chi connectivity index (χ4v) is 2.69. The highest BCUT2D eigenvalue weighted by atomic mass is 16.9. The Bertz CT molecular complexity index is 206. The van der Waals surface area contributed by atoms with Crippen molar-refractivity contribution < 1.29 is 10.3 Å². The quantitative estimate of drug-likeness (QED) is 0.210. The van der Waals surface area contributed by atoms with E-state index in [0.717, 1.165) is 6.54 Å². The Morgan fingerprint density at radius 1 is 0.696 bits per heavy atom. The van der Waals surface area contributed by atoms with Gasteiger partial charge in [0.2, 0.25) is 0 Å². The number of rotatable bonds is 16. The molecule has 5 nitrogen and oxygen atoms in total. The summed E-state index contributed by atoms with van der Waals surface area (Å²) in [5.74, 6) is 0. The maximum atomic E-state index is 8.36. The molecule has 3 N–H and O–H groups in total. The third-order valence-electron chi connectivity index (χ3n) is 4.06. The maximum Gasteiger partial charge on any atom is 0.291 e. The summed E-state index contributed by atoms with van der Waals surface area (Å²) in [4.78, 5) is 8.36. The van der Waals surface area contributed by atoms with Crippen molar-refractivity contribution in [1.82, 2.24) is 0 Å². The molecule has 0 unspecified atom stereocenters. The van der Waals surface area contributed by atoms with Crippen LogP contribution in [0.5, 0.6) is 0 Å². The number of nitrogens with zero attached hydrogens (tertiary/aromatic N) is 1. The van der Waals surface area contributed by atoms with Crippen LogP contribution in [-0.2, 0) is 0 Å². The lowest BCUT2D eigenvalue weighted by atomic mass is 10.0. The van der Waals surface area contributed by atoms with Crippen LogP contribution >= 0.6 is 0 Å². The molecule has 0 amide bonds. The summed E-state index contributed by atoms with van der Waals surface area (Å²) in [5.41, 5.74) is 5.48. The molecule has 0 aliphatic rings. The highest BCUT2D eigenvalue weighted by Gasteiger charge is 1.94. The first-order chi connectivity index (χ1) is 11.1. The van der Waals surface area contributed by atoms with Gasteiger partial charge in [0.1, 0.15) is 0 Å². The molecule has 0 heterocycles. The first-order valence-electron chi connectivity index (χ1n) is 9.68. The van der Waals surface area contributed by atoms with Crippen LogP contribution in [0.15, 0.2) is 0 Å². The van der Waals surface area contributed by atoms with Crippen molar-refractivity contribution in [3.63, 3.8) is 0 Å². The first kappa shape index (κ1) is 24.4. The summed E-state index contributed by atoms with van der Waals surface area (Å²) >= 11 is 0. The van der Waals surface area contributed by atoms with E-state index in [0.29, 0.717) is 0 Å². The molecule has 0 saturated carbocycles. The third kappa shape index (κ3) is 33.8. The molecule has 0 fully saturated rings. The second-order valence-corrected chi connectivity index (χ2v) is 6.33. The highest BCUT2D eigenvalue weighted by molar-refractivity contribution is 4.49. The molecule has 0 rings (SSSR count). The fraction of sp³-hybridized carbons (Fsp3) is 1.00. The predicted molar refractivity (Wildman–Crippen MR) is 97.4 cm³/mol. The number of hydrogen-bond donors (Lipinski definition) is 2. The van der Waals surface area contributed by atoms with Gasteiger partial charge in [-0.2, -0.15) is 0 Å². The van der Waals surface area contributed by atoms with E-state index < -0.39 is 5.09 Å². The molecule has 0 aromatic heterocycles. The molecule has 140 valence electrons. The van der Waals surface area contributed by atoms with Crippen molar-refractivity contribution in [2.24, 2.45) is 5.73 Å².